The molecule has 0 fully saturated rings. The number of halogens is 1. The molecule has 0 spiro atoms. The Balaban J connectivity index is 2.24. The number of nitrogens with one attached hydrogen (secondary N) is 1. The highest BCUT2D eigenvalue weighted by Crippen LogP contribution is 2.25. The Morgan fingerprint density at radius 3 is 2.58 bits per heavy atom. The van der Waals surface area contributed by atoms with Gasteiger partial charge in [-0.25, -0.2) is 8.42 Å². The van der Waals surface area contributed by atoms with Crippen molar-refractivity contribution in [3.8, 4) is 5.75 Å². The molecule has 2 aromatic carbocycles. The first-order valence-corrected chi connectivity index (χ1v) is 10.2. The van der Waals surface area contributed by atoms with E-state index in [0.717, 1.165) is 10.6 Å². The molecular formula is C18H21ClN2O4S. The van der Waals surface area contributed by atoms with Crippen molar-refractivity contribution >= 4 is 38.9 Å². The van der Waals surface area contributed by atoms with Gasteiger partial charge in [-0.15, -0.1) is 0 Å². The monoisotopic (exact) mass is 396 g/mol. The summed E-state index contributed by atoms with van der Waals surface area (Å²) in [6.45, 7) is 3.71. The van der Waals surface area contributed by atoms with Gasteiger partial charge in [0, 0.05) is 16.8 Å². The lowest BCUT2D eigenvalue weighted by Gasteiger charge is -2.22. The first kappa shape index (κ1) is 20.1. The van der Waals surface area contributed by atoms with E-state index in [1.807, 2.05) is 6.92 Å². The molecule has 0 heterocycles. The Labute approximate surface area is 158 Å². The lowest BCUT2D eigenvalue weighted by molar-refractivity contribution is -0.114. The summed E-state index contributed by atoms with van der Waals surface area (Å²) in [7, 11) is -3.66. The molecule has 140 valence electrons. The zero-order valence-corrected chi connectivity index (χ0v) is 16.4. The minimum absolute atomic E-state index is 0.358. The Hall–Kier alpha value is -2.25. The van der Waals surface area contributed by atoms with Crippen LogP contribution in [0.15, 0.2) is 42.5 Å². The minimum atomic E-state index is -3.66. The van der Waals surface area contributed by atoms with Crippen LogP contribution >= 0.6 is 11.6 Å². The summed E-state index contributed by atoms with van der Waals surface area (Å²) >= 11 is 6.05. The molecule has 6 nitrogen and oxygen atoms in total. The van der Waals surface area contributed by atoms with E-state index < -0.39 is 15.9 Å². The topological polar surface area (TPSA) is 75.7 Å². The standard InChI is InChI=1S/C18H21ClN2O4S/c1-4-25-15-8-5-7-14(11-15)21(26(3,23)24)12-18(22)20-17-10-6-9-16(19)13(17)2/h5-11H,4,12H2,1-3H3,(H,20,22). The summed E-state index contributed by atoms with van der Waals surface area (Å²) in [5.41, 5.74) is 1.61. The van der Waals surface area contributed by atoms with Gasteiger partial charge in [-0.2, -0.15) is 0 Å². The number of carbonyl (C=O) groups excluding carboxylic acids is 1. The Kier molecular flexibility index (Phi) is 6.50. The number of hydrogen-bond donors (Lipinski definition) is 1. The molecule has 0 bridgehead atoms. The van der Waals surface area contributed by atoms with Crippen molar-refractivity contribution in [3.05, 3.63) is 53.1 Å². The predicted molar refractivity (Wildman–Crippen MR) is 105 cm³/mol. The molecule has 0 aliphatic rings. The smallest absolute Gasteiger partial charge is 0.245 e. The third-order valence-electron chi connectivity index (χ3n) is 3.65. The molecule has 0 saturated heterocycles. The molecule has 0 aromatic heterocycles. The first-order valence-electron chi connectivity index (χ1n) is 7.98. The van der Waals surface area contributed by atoms with Crippen LogP contribution in [-0.4, -0.2) is 33.7 Å². The molecule has 0 aliphatic heterocycles. The summed E-state index contributed by atoms with van der Waals surface area (Å²) < 4.78 is 30.8. The predicted octanol–water partition coefficient (Wildman–Crippen LogP) is 3.45. The van der Waals surface area contributed by atoms with Gasteiger partial charge in [-0.3, -0.25) is 9.10 Å². The van der Waals surface area contributed by atoms with E-state index in [4.69, 9.17) is 16.3 Å². The third kappa shape index (κ3) is 5.12. The van der Waals surface area contributed by atoms with Crippen molar-refractivity contribution in [1.29, 1.82) is 0 Å². The van der Waals surface area contributed by atoms with Crippen LogP contribution in [0.5, 0.6) is 5.75 Å². The number of anilines is 2. The quantitative estimate of drug-likeness (QED) is 0.777. The van der Waals surface area contributed by atoms with Gasteiger partial charge in [-0.1, -0.05) is 23.7 Å². The van der Waals surface area contributed by atoms with Gasteiger partial charge in [0.25, 0.3) is 0 Å². The van der Waals surface area contributed by atoms with E-state index in [-0.39, 0.29) is 6.54 Å². The molecular weight excluding hydrogens is 376 g/mol. The molecule has 0 aliphatic carbocycles. The number of sulfonamides is 1. The summed E-state index contributed by atoms with van der Waals surface area (Å²) in [5.74, 6) is 0.0624. The maximum absolute atomic E-state index is 12.4. The van der Waals surface area contributed by atoms with Crippen molar-refractivity contribution in [2.24, 2.45) is 0 Å². The third-order valence-corrected chi connectivity index (χ3v) is 5.20. The Morgan fingerprint density at radius 1 is 1.23 bits per heavy atom. The molecule has 26 heavy (non-hydrogen) atoms. The fourth-order valence-electron chi connectivity index (χ4n) is 2.36. The fraction of sp³-hybridized carbons (Fsp3) is 0.278. The lowest BCUT2D eigenvalue weighted by Crippen LogP contribution is -2.37. The highest BCUT2D eigenvalue weighted by Gasteiger charge is 2.21. The largest absolute Gasteiger partial charge is 0.494 e. The van der Waals surface area contributed by atoms with E-state index in [9.17, 15) is 13.2 Å². The molecule has 0 saturated carbocycles. The zero-order valence-electron chi connectivity index (χ0n) is 14.8. The molecule has 1 N–H and O–H groups in total. The molecule has 0 radical (unpaired) electrons. The molecule has 0 atom stereocenters. The van der Waals surface area contributed by atoms with Crippen LogP contribution in [0.4, 0.5) is 11.4 Å². The van der Waals surface area contributed by atoms with Crippen LogP contribution in [0.2, 0.25) is 5.02 Å². The highest BCUT2D eigenvalue weighted by molar-refractivity contribution is 7.92. The number of carbonyl (C=O) groups is 1. The summed E-state index contributed by atoms with van der Waals surface area (Å²) in [6.07, 6.45) is 1.05. The van der Waals surface area contributed by atoms with Crippen molar-refractivity contribution in [2.75, 3.05) is 29.0 Å². The van der Waals surface area contributed by atoms with E-state index in [2.05, 4.69) is 5.32 Å². The van der Waals surface area contributed by atoms with Crippen LogP contribution in [0, 0.1) is 6.92 Å². The number of ether oxygens (including phenoxy) is 1. The van der Waals surface area contributed by atoms with Crippen molar-refractivity contribution in [3.63, 3.8) is 0 Å². The summed E-state index contributed by atoms with van der Waals surface area (Å²) in [4.78, 5) is 12.4. The van der Waals surface area contributed by atoms with Gasteiger partial charge in [0.1, 0.15) is 12.3 Å². The first-order chi connectivity index (χ1) is 12.2. The average molecular weight is 397 g/mol. The van der Waals surface area contributed by atoms with E-state index in [1.54, 1.807) is 49.4 Å². The minimum Gasteiger partial charge on any atom is -0.494 e. The maximum atomic E-state index is 12.4. The number of hydrogen-bond acceptors (Lipinski definition) is 4. The van der Waals surface area contributed by atoms with Crippen molar-refractivity contribution < 1.29 is 17.9 Å². The molecule has 1 amide bonds. The maximum Gasteiger partial charge on any atom is 0.245 e. The van der Waals surface area contributed by atoms with E-state index >= 15 is 0 Å². The number of rotatable bonds is 7. The SMILES string of the molecule is CCOc1cccc(N(CC(=O)Nc2cccc(Cl)c2C)S(C)(=O)=O)c1. The van der Waals surface area contributed by atoms with Crippen LogP contribution < -0.4 is 14.4 Å². The Bertz CT molecular complexity index is 900. The van der Waals surface area contributed by atoms with Crippen LogP contribution in [0.3, 0.4) is 0 Å². The summed E-state index contributed by atoms with van der Waals surface area (Å²) in [6, 6.07) is 11.7. The molecule has 2 rings (SSSR count). The molecule has 8 heteroatoms. The second-order valence-corrected chi connectivity index (χ2v) is 7.97. The highest BCUT2D eigenvalue weighted by atomic mass is 35.5. The summed E-state index contributed by atoms with van der Waals surface area (Å²) in [5, 5.41) is 3.22. The van der Waals surface area contributed by atoms with E-state index in [0.29, 0.717) is 34.3 Å². The van der Waals surface area contributed by atoms with Crippen molar-refractivity contribution in [1.82, 2.24) is 0 Å². The number of amides is 1. The van der Waals surface area contributed by atoms with Crippen molar-refractivity contribution in [2.45, 2.75) is 13.8 Å². The van der Waals surface area contributed by atoms with Gasteiger partial charge < -0.3 is 10.1 Å². The van der Waals surface area contributed by atoms with E-state index in [1.165, 1.54) is 0 Å². The van der Waals surface area contributed by atoms with Gasteiger partial charge in [0.05, 0.1) is 18.6 Å². The Morgan fingerprint density at radius 2 is 1.92 bits per heavy atom. The normalized spacial score (nSPS) is 11.1. The number of nitrogens with zero attached hydrogens (tertiary/aromatic N) is 1. The zero-order chi connectivity index (χ0) is 19.3. The van der Waals surface area contributed by atoms with Crippen LogP contribution in [0.25, 0.3) is 0 Å². The molecule has 0 unspecified atom stereocenters. The fourth-order valence-corrected chi connectivity index (χ4v) is 3.38. The lowest BCUT2D eigenvalue weighted by atomic mass is 10.2. The van der Waals surface area contributed by atoms with Gasteiger partial charge in [0.15, 0.2) is 0 Å². The van der Waals surface area contributed by atoms with Gasteiger partial charge in [-0.05, 0) is 43.7 Å². The number of benzene rings is 2. The van der Waals surface area contributed by atoms with Crippen LogP contribution in [-0.2, 0) is 14.8 Å². The second kappa shape index (κ2) is 8.42. The van der Waals surface area contributed by atoms with Gasteiger partial charge in [0.2, 0.25) is 15.9 Å². The average Bonchev–Trinajstić information content (AvgIpc) is 2.56. The molecule has 2 aromatic rings. The van der Waals surface area contributed by atoms with Crippen LogP contribution in [0.1, 0.15) is 12.5 Å². The van der Waals surface area contributed by atoms with Gasteiger partial charge >= 0.3 is 0 Å². The second-order valence-electron chi connectivity index (χ2n) is 5.66.